The Morgan fingerprint density at radius 2 is 2.00 bits per heavy atom. The highest BCUT2D eigenvalue weighted by molar-refractivity contribution is 7.99. The molecule has 1 aliphatic heterocycles. The summed E-state index contributed by atoms with van der Waals surface area (Å²) in [5.41, 5.74) is 1.84. The zero-order valence-corrected chi connectivity index (χ0v) is 18.0. The Balaban J connectivity index is 1.44. The van der Waals surface area contributed by atoms with Crippen LogP contribution in [0.25, 0.3) is 21.3 Å². The van der Waals surface area contributed by atoms with Crippen LogP contribution in [0.15, 0.2) is 45.7 Å². The molecule has 2 aromatic heterocycles. The zero-order valence-electron chi connectivity index (χ0n) is 16.4. The van der Waals surface area contributed by atoms with Crippen molar-refractivity contribution in [1.29, 1.82) is 0 Å². The smallest absolute Gasteiger partial charge is 0.263 e. The predicted molar refractivity (Wildman–Crippen MR) is 120 cm³/mol. The van der Waals surface area contributed by atoms with Crippen molar-refractivity contribution in [3.63, 3.8) is 0 Å². The molecule has 29 heavy (non-hydrogen) atoms. The number of aromatic nitrogens is 2. The Kier molecular flexibility index (Phi) is 6.32. The minimum absolute atomic E-state index is 0.0281. The molecule has 152 valence electrons. The van der Waals surface area contributed by atoms with Crippen LogP contribution in [0.2, 0.25) is 0 Å². The van der Waals surface area contributed by atoms with Gasteiger partial charge in [0.25, 0.3) is 5.56 Å². The van der Waals surface area contributed by atoms with Crippen LogP contribution in [0.1, 0.15) is 12.8 Å². The van der Waals surface area contributed by atoms with Crippen LogP contribution in [0.3, 0.4) is 0 Å². The number of hydrogen-bond acceptors (Lipinski definition) is 6. The zero-order chi connectivity index (χ0) is 20.2. The van der Waals surface area contributed by atoms with Crippen molar-refractivity contribution in [2.75, 3.05) is 31.9 Å². The number of nitrogens with one attached hydrogen (secondary N) is 1. The summed E-state index contributed by atoms with van der Waals surface area (Å²) in [6.45, 7) is 3.82. The molecule has 0 aliphatic carbocycles. The molecule has 1 amide bonds. The van der Waals surface area contributed by atoms with Crippen molar-refractivity contribution in [2.45, 2.75) is 18.0 Å². The average Bonchev–Trinajstić information content (AvgIpc) is 3.40. The molecule has 1 aromatic carbocycles. The summed E-state index contributed by atoms with van der Waals surface area (Å²) in [5, 5.41) is 6.15. The topological polar surface area (TPSA) is 67.2 Å². The Morgan fingerprint density at radius 1 is 1.24 bits per heavy atom. The van der Waals surface area contributed by atoms with Gasteiger partial charge in [0, 0.05) is 31.1 Å². The lowest BCUT2D eigenvalue weighted by Gasteiger charge is -2.14. The quantitative estimate of drug-likeness (QED) is 0.463. The Morgan fingerprint density at radius 3 is 2.76 bits per heavy atom. The van der Waals surface area contributed by atoms with Gasteiger partial charge in [-0.3, -0.25) is 14.2 Å². The van der Waals surface area contributed by atoms with Crippen molar-refractivity contribution >= 4 is 39.2 Å². The Bertz CT molecular complexity index is 1060. The standard InChI is InChI=1S/C21H24N4O2S2/c1-24-20(27)18-16(15-7-3-2-4-8-15)13-28-19(18)23-21(24)29-14-17(26)22-9-12-25-10-5-6-11-25/h2-4,7-8,13H,5-6,9-12,14H2,1H3,(H,22,26). The minimum atomic E-state index is -0.0768. The minimum Gasteiger partial charge on any atom is -0.354 e. The maximum Gasteiger partial charge on any atom is 0.263 e. The van der Waals surface area contributed by atoms with Gasteiger partial charge in [-0.2, -0.15) is 0 Å². The molecule has 0 saturated carbocycles. The molecule has 1 N–H and O–H groups in total. The van der Waals surface area contributed by atoms with Gasteiger partial charge in [0.05, 0.1) is 11.1 Å². The summed E-state index contributed by atoms with van der Waals surface area (Å²) in [6, 6.07) is 9.87. The summed E-state index contributed by atoms with van der Waals surface area (Å²) in [7, 11) is 1.72. The molecule has 8 heteroatoms. The van der Waals surface area contributed by atoms with Crippen molar-refractivity contribution in [1.82, 2.24) is 19.8 Å². The predicted octanol–water partition coefficient (Wildman–Crippen LogP) is 2.97. The highest BCUT2D eigenvalue weighted by Gasteiger charge is 2.16. The van der Waals surface area contributed by atoms with Gasteiger partial charge in [-0.1, -0.05) is 42.1 Å². The number of hydrogen-bond donors (Lipinski definition) is 1. The molecule has 1 aliphatic rings. The van der Waals surface area contributed by atoms with Gasteiger partial charge in [-0.25, -0.2) is 4.98 Å². The second-order valence-corrected chi connectivity index (χ2v) is 8.94. The largest absolute Gasteiger partial charge is 0.354 e. The van der Waals surface area contributed by atoms with Crippen molar-refractivity contribution in [2.24, 2.45) is 7.05 Å². The average molecular weight is 429 g/mol. The molecule has 0 unspecified atom stereocenters. The van der Waals surface area contributed by atoms with E-state index in [0.717, 1.165) is 30.8 Å². The molecule has 6 nitrogen and oxygen atoms in total. The van der Waals surface area contributed by atoms with Crippen LogP contribution in [0.4, 0.5) is 0 Å². The maximum absolute atomic E-state index is 13.0. The summed E-state index contributed by atoms with van der Waals surface area (Å²) in [5.74, 6) is 0.225. The van der Waals surface area contributed by atoms with Crippen LogP contribution in [0.5, 0.6) is 0 Å². The van der Waals surface area contributed by atoms with Crippen LogP contribution in [-0.2, 0) is 11.8 Å². The summed E-state index contributed by atoms with van der Waals surface area (Å²) < 4.78 is 1.55. The van der Waals surface area contributed by atoms with Crippen molar-refractivity contribution < 1.29 is 4.79 Å². The molecule has 1 saturated heterocycles. The van der Waals surface area contributed by atoms with Crippen LogP contribution < -0.4 is 10.9 Å². The first-order valence-electron chi connectivity index (χ1n) is 9.79. The van der Waals surface area contributed by atoms with Gasteiger partial charge in [-0.15, -0.1) is 11.3 Å². The van der Waals surface area contributed by atoms with E-state index in [2.05, 4.69) is 15.2 Å². The van der Waals surface area contributed by atoms with E-state index in [1.54, 1.807) is 11.6 Å². The van der Waals surface area contributed by atoms with E-state index < -0.39 is 0 Å². The number of carbonyl (C=O) groups is 1. The number of benzene rings is 1. The number of likely N-dealkylation sites (tertiary alicyclic amines) is 1. The van der Waals surface area contributed by atoms with Gasteiger partial charge in [0.15, 0.2) is 5.16 Å². The highest BCUT2D eigenvalue weighted by Crippen LogP contribution is 2.31. The van der Waals surface area contributed by atoms with Gasteiger partial charge < -0.3 is 10.2 Å². The van der Waals surface area contributed by atoms with Gasteiger partial charge in [-0.05, 0) is 31.5 Å². The molecule has 1 fully saturated rings. The van der Waals surface area contributed by atoms with E-state index in [1.807, 2.05) is 35.7 Å². The van der Waals surface area contributed by atoms with Crippen molar-refractivity contribution in [3.8, 4) is 11.1 Å². The second kappa shape index (κ2) is 9.11. The third kappa shape index (κ3) is 4.55. The molecular formula is C21H24N4O2S2. The molecular weight excluding hydrogens is 404 g/mol. The number of rotatable bonds is 7. The van der Waals surface area contributed by atoms with Gasteiger partial charge >= 0.3 is 0 Å². The molecule has 0 atom stereocenters. The summed E-state index contributed by atoms with van der Waals surface area (Å²) >= 11 is 2.77. The molecule has 0 bridgehead atoms. The Hall–Kier alpha value is -2.16. The van der Waals surface area contributed by atoms with Crippen LogP contribution in [-0.4, -0.2) is 52.3 Å². The van der Waals surface area contributed by atoms with Gasteiger partial charge in [0.2, 0.25) is 5.91 Å². The maximum atomic E-state index is 13.0. The lowest BCUT2D eigenvalue weighted by Crippen LogP contribution is -2.34. The summed E-state index contributed by atoms with van der Waals surface area (Å²) in [6.07, 6.45) is 2.50. The number of nitrogens with zero attached hydrogens (tertiary/aromatic N) is 3. The van der Waals surface area contributed by atoms with E-state index in [0.29, 0.717) is 21.9 Å². The lowest BCUT2D eigenvalue weighted by atomic mass is 10.1. The normalized spacial score (nSPS) is 14.5. The van der Waals surface area contributed by atoms with Gasteiger partial charge in [0.1, 0.15) is 4.83 Å². The number of thiophene rings is 1. The number of carbonyl (C=O) groups excluding carboxylic acids is 1. The molecule has 0 spiro atoms. The third-order valence-corrected chi connectivity index (χ3v) is 7.04. The SMILES string of the molecule is Cn1c(SCC(=O)NCCN2CCCC2)nc2scc(-c3ccccc3)c2c1=O. The highest BCUT2D eigenvalue weighted by atomic mass is 32.2. The fourth-order valence-electron chi connectivity index (χ4n) is 3.55. The van der Waals surface area contributed by atoms with E-state index in [1.165, 1.54) is 35.9 Å². The molecule has 3 aromatic rings. The summed E-state index contributed by atoms with van der Waals surface area (Å²) in [4.78, 5) is 32.9. The number of amides is 1. The van der Waals surface area contributed by atoms with E-state index in [-0.39, 0.29) is 17.2 Å². The molecule has 3 heterocycles. The number of fused-ring (bicyclic) bond motifs is 1. The van der Waals surface area contributed by atoms with Crippen LogP contribution >= 0.6 is 23.1 Å². The number of thioether (sulfide) groups is 1. The monoisotopic (exact) mass is 428 g/mol. The van der Waals surface area contributed by atoms with E-state index in [4.69, 9.17) is 0 Å². The first-order chi connectivity index (χ1) is 14.1. The second-order valence-electron chi connectivity index (χ2n) is 7.14. The van der Waals surface area contributed by atoms with Crippen LogP contribution in [0, 0.1) is 0 Å². The molecule has 0 radical (unpaired) electrons. The van der Waals surface area contributed by atoms with Crippen molar-refractivity contribution in [3.05, 3.63) is 46.1 Å². The first kappa shape index (κ1) is 20.1. The first-order valence-corrected chi connectivity index (χ1v) is 11.7. The Labute approximate surface area is 177 Å². The van der Waals surface area contributed by atoms with E-state index in [9.17, 15) is 9.59 Å². The van der Waals surface area contributed by atoms with E-state index >= 15 is 0 Å². The third-order valence-electron chi connectivity index (χ3n) is 5.14. The fraction of sp³-hybridized carbons (Fsp3) is 0.381. The lowest BCUT2D eigenvalue weighted by molar-refractivity contribution is -0.118. The fourth-order valence-corrected chi connectivity index (χ4v) is 5.34. The molecule has 4 rings (SSSR count).